The number of hydrogen-bond donors (Lipinski definition) is 0. The summed E-state index contributed by atoms with van der Waals surface area (Å²) in [5.74, 6) is 0.393. The number of fused-ring (bicyclic) bond motifs is 1. The summed E-state index contributed by atoms with van der Waals surface area (Å²) in [5, 5.41) is 1.09. The second kappa shape index (κ2) is 11.0. The number of hydrogen-bond acceptors (Lipinski definition) is 0. The first kappa shape index (κ1) is 25.4. The molecule has 0 saturated carbocycles. The monoisotopic (exact) mass is 492 g/mol. The Morgan fingerprint density at radius 3 is 2.19 bits per heavy atom. The van der Waals surface area contributed by atoms with E-state index in [1.54, 1.807) is 19.1 Å². The normalized spacial score (nSPS) is 12.8. The van der Waals surface area contributed by atoms with E-state index in [1.165, 1.54) is 11.6 Å². The van der Waals surface area contributed by atoms with E-state index in [1.807, 2.05) is 31.2 Å². The highest BCUT2D eigenvalue weighted by molar-refractivity contribution is 5.85. The van der Waals surface area contributed by atoms with E-state index in [-0.39, 0.29) is 17.0 Å². The van der Waals surface area contributed by atoms with Crippen LogP contribution >= 0.6 is 0 Å². The first-order valence-corrected chi connectivity index (χ1v) is 11.8. The number of benzene rings is 4. The predicted octanol–water partition coefficient (Wildman–Crippen LogP) is 8.43. The van der Waals surface area contributed by atoms with Gasteiger partial charge in [0.15, 0.2) is 17.5 Å². The fourth-order valence-electron chi connectivity index (χ4n) is 4.50. The largest absolute Gasteiger partial charge is 0.248 e. The van der Waals surface area contributed by atoms with Crippen molar-refractivity contribution >= 4 is 10.8 Å². The van der Waals surface area contributed by atoms with E-state index in [0.29, 0.717) is 17.2 Å². The lowest BCUT2D eigenvalue weighted by atomic mass is 9.89. The van der Waals surface area contributed by atoms with Crippen molar-refractivity contribution in [1.29, 1.82) is 0 Å². The quantitative estimate of drug-likeness (QED) is 0.144. The molecule has 0 nitrogen and oxygen atoms in total. The Morgan fingerprint density at radius 2 is 1.47 bits per heavy atom. The molecule has 0 fully saturated rings. The van der Waals surface area contributed by atoms with E-state index in [9.17, 15) is 17.6 Å². The maximum absolute atomic E-state index is 15.1. The summed E-state index contributed by atoms with van der Waals surface area (Å²) < 4.78 is 68.5. The fourth-order valence-corrected chi connectivity index (χ4v) is 4.50. The highest BCUT2D eigenvalue weighted by Gasteiger charge is 2.14. The number of aryl methyl sites for hydroxylation is 2. The molecule has 0 aliphatic carbocycles. The second-order valence-corrected chi connectivity index (χ2v) is 9.10. The zero-order chi connectivity index (χ0) is 25.8. The van der Waals surface area contributed by atoms with Crippen LogP contribution in [0.25, 0.3) is 10.8 Å². The van der Waals surface area contributed by atoms with Crippen molar-refractivity contribution in [2.45, 2.75) is 45.2 Å². The first-order valence-electron chi connectivity index (χ1n) is 11.8. The van der Waals surface area contributed by atoms with Gasteiger partial charge < -0.3 is 0 Å². The summed E-state index contributed by atoms with van der Waals surface area (Å²) in [4.78, 5) is 0. The van der Waals surface area contributed by atoms with Gasteiger partial charge in [0.1, 0.15) is 5.82 Å². The summed E-state index contributed by atoms with van der Waals surface area (Å²) in [6.45, 7) is 3.62. The molecule has 0 amide bonds. The number of alkyl halides is 1. The molecule has 4 rings (SSSR count). The van der Waals surface area contributed by atoms with Crippen LogP contribution in [-0.2, 0) is 12.8 Å². The van der Waals surface area contributed by atoms with Gasteiger partial charge in [-0.25, -0.2) is 22.0 Å². The molecule has 0 spiro atoms. The van der Waals surface area contributed by atoms with Crippen LogP contribution in [-0.4, -0.2) is 6.17 Å². The molecule has 0 aliphatic rings. The third kappa shape index (κ3) is 5.76. The van der Waals surface area contributed by atoms with Gasteiger partial charge in [-0.15, -0.1) is 0 Å². The Labute approximate surface area is 207 Å². The van der Waals surface area contributed by atoms with Crippen LogP contribution in [0.4, 0.5) is 22.0 Å². The van der Waals surface area contributed by atoms with Gasteiger partial charge in [-0.05, 0) is 72.4 Å². The molecular weight excluding hydrogens is 467 g/mol. The molecule has 5 heteroatoms. The molecule has 0 heterocycles. The molecule has 0 aromatic heterocycles. The summed E-state index contributed by atoms with van der Waals surface area (Å²) in [7, 11) is 0. The minimum atomic E-state index is -1.57. The molecular formula is C31H25F5. The maximum Gasteiger partial charge on any atom is 0.194 e. The summed E-state index contributed by atoms with van der Waals surface area (Å²) in [5.41, 5.74) is 3.36. The Morgan fingerprint density at radius 1 is 0.750 bits per heavy atom. The van der Waals surface area contributed by atoms with E-state index in [2.05, 4.69) is 24.0 Å². The van der Waals surface area contributed by atoms with Crippen LogP contribution in [0.3, 0.4) is 0 Å². The standard InChI is InChI=1S/C31H25F5/c1-19(15-20(2)32)26-6-4-3-5-23(26)10-7-21-9-14-27-25(16-21)13-12-24(30(27)35)11-8-22-17-28(33)31(36)29(34)18-22/h3-6,9,12-14,16-20H,7,10,15H2,1-2H3. The van der Waals surface area contributed by atoms with Crippen molar-refractivity contribution in [2.75, 3.05) is 0 Å². The average molecular weight is 493 g/mol. The van der Waals surface area contributed by atoms with E-state index in [4.69, 9.17) is 0 Å². The molecule has 0 radical (unpaired) electrons. The molecule has 4 aromatic carbocycles. The van der Waals surface area contributed by atoms with Crippen LogP contribution in [0, 0.1) is 35.1 Å². The first-order chi connectivity index (χ1) is 17.2. The highest BCUT2D eigenvalue weighted by Crippen LogP contribution is 2.27. The Balaban J connectivity index is 1.54. The second-order valence-electron chi connectivity index (χ2n) is 9.10. The van der Waals surface area contributed by atoms with Gasteiger partial charge in [0.2, 0.25) is 0 Å². The van der Waals surface area contributed by atoms with Crippen molar-refractivity contribution in [3.8, 4) is 11.8 Å². The van der Waals surface area contributed by atoms with Crippen LogP contribution < -0.4 is 0 Å². The zero-order valence-corrected chi connectivity index (χ0v) is 20.0. The van der Waals surface area contributed by atoms with E-state index >= 15 is 4.39 Å². The Kier molecular flexibility index (Phi) is 7.74. The van der Waals surface area contributed by atoms with E-state index in [0.717, 1.165) is 36.1 Å². The molecule has 4 aromatic rings. The van der Waals surface area contributed by atoms with Crippen LogP contribution in [0.2, 0.25) is 0 Å². The molecule has 36 heavy (non-hydrogen) atoms. The highest BCUT2D eigenvalue weighted by atomic mass is 19.2. The minimum Gasteiger partial charge on any atom is -0.248 e. The summed E-state index contributed by atoms with van der Waals surface area (Å²) >= 11 is 0. The Hall–Kier alpha value is -3.65. The predicted molar refractivity (Wildman–Crippen MR) is 134 cm³/mol. The van der Waals surface area contributed by atoms with Crippen LogP contribution in [0.15, 0.2) is 66.7 Å². The fraction of sp³-hybridized carbons (Fsp3) is 0.226. The molecule has 0 saturated heterocycles. The van der Waals surface area contributed by atoms with Gasteiger partial charge in [-0.2, -0.15) is 0 Å². The molecule has 2 atom stereocenters. The van der Waals surface area contributed by atoms with Crippen molar-refractivity contribution < 1.29 is 22.0 Å². The SMILES string of the molecule is CC(F)CC(C)c1ccccc1CCc1ccc2c(F)c(C#Cc3cc(F)c(F)c(F)c3)ccc2c1. The lowest BCUT2D eigenvalue weighted by Crippen LogP contribution is -2.05. The van der Waals surface area contributed by atoms with E-state index < -0.39 is 29.4 Å². The molecule has 0 bridgehead atoms. The smallest absolute Gasteiger partial charge is 0.194 e. The van der Waals surface area contributed by atoms with Gasteiger partial charge in [0.25, 0.3) is 0 Å². The van der Waals surface area contributed by atoms with Gasteiger partial charge >= 0.3 is 0 Å². The van der Waals surface area contributed by atoms with Gasteiger partial charge in [0.05, 0.1) is 11.7 Å². The maximum atomic E-state index is 15.1. The number of halogens is 5. The van der Waals surface area contributed by atoms with Gasteiger partial charge in [-0.3, -0.25) is 0 Å². The van der Waals surface area contributed by atoms with Crippen molar-refractivity contribution in [1.82, 2.24) is 0 Å². The van der Waals surface area contributed by atoms with Crippen LogP contribution in [0.1, 0.15) is 54.0 Å². The van der Waals surface area contributed by atoms with Crippen molar-refractivity contribution in [2.24, 2.45) is 0 Å². The average Bonchev–Trinajstić information content (AvgIpc) is 2.85. The zero-order valence-electron chi connectivity index (χ0n) is 20.0. The van der Waals surface area contributed by atoms with Gasteiger partial charge in [0, 0.05) is 10.9 Å². The third-order valence-electron chi connectivity index (χ3n) is 6.29. The molecule has 0 N–H and O–H groups in total. The lowest BCUT2D eigenvalue weighted by Gasteiger charge is -2.17. The summed E-state index contributed by atoms with van der Waals surface area (Å²) in [6.07, 6.45) is 1.14. The van der Waals surface area contributed by atoms with Crippen LogP contribution in [0.5, 0.6) is 0 Å². The lowest BCUT2D eigenvalue weighted by molar-refractivity contribution is 0.324. The minimum absolute atomic E-state index is 0.0744. The molecule has 184 valence electrons. The third-order valence-corrected chi connectivity index (χ3v) is 6.29. The summed E-state index contributed by atoms with van der Waals surface area (Å²) in [6, 6.07) is 18.4. The Bertz CT molecular complexity index is 1440. The van der Waals surface area contributed by atoms with Gasteiger partial charge in [-0.1, -0.05) is 67.3 Å². The topological polar surface area (TPSA) is 0 Å². The molecule has 2 unspecified atom stereocenters. The number of rotatable bonds is 6. The van der Waals surface area contributed by atoms with Crippen molar-refractivity contribution in [3.05, 3.63) is 118 Å². The molecule has 0 aliphatic heterocycles. The van der Waals surface area contributed by atoms with Crippen molar-refractivity contribution in [3.63, 3.8) is 0 Å².